The standard InChI is InChI=1S/C25H25ClFN9O/c1-16-10-17(22-4-5-28-15-31-22)11-20(26)23(16)33-19-3-2-18(29-12-19)13-32-35-25-30-14-21(27)24(34-25)36-6-8-37-9-7-36/h2-5,10-15,18,29,33H,6-9H2,1H3,(H,30,34,35)/b32-13+. The molecule has 10 nitrogen and oxygen atoms in total. The van der Waals surface area contributed by atoms with E-state index in [1.54, 1.807) is 12.4 Å². The number of allylic oxidation sites excluding steroid dienone is 1. The average molecular weight is 522 g/mol. The fourth-order valence-electron chi connectivity index (χ4n) is 3.91. The minimum Gasteiger partial charge on any atom is -0.378 e. The van der Waals surface area contributed by atoms with E-state index in [1.807, 2.05) is 48.4 Å². The van der Waals surface area contributed by atoms with E-state index in [9.17, 15) is 4.39 Å². The van der Waals surface area contributed by atoms with Crippen molar-refractivity contribution in [2.45, 2.75) is 13.0 Å². The second kappa shape index (κ2) is 11.3. The van der Waals surface area contributed by atoms with Crippen molar-refractivity contribution in [2.24, 2.45) is 5.10 Å². The van der Waals surface area contributed by atoms with Crippen LogP contribution in [-0.4, -0.2) is 58.5 Å². The van der Waals surface area contributed by atoms with Crippen molar-refractivity contribution in [3.05, 3.63) is 77.4 Å². The molecular formula is C25H25ClFN9O. The second-order valence-electron chi connectivity index (χ2n) is 8.38. The van der Waals surface area contributed by atoms with Crippen LogP contribution in [0.4, 0.5) is 21.8 Å². The van der Waals surface area contributed by atoms with Gasteiger partial charge in [0.2, 0.25) is 5.95 Å². The van der Waals surface area contributed by atoms with Crippen LogP contribution < -0.4 is 21.0 Å². The van der Waals surface area contributed by atoms with E-state index in [2.05, 4.69) is 41.1 Å². The van der Waals surface area contributed by atoms with Crippen molar-refractivity contribution in [1.82, 2.24) is 25.3 Å². The van der Waals surface area contributed by atoms with Gasteiger partial charge >= 0.3 is 0 Å². The summed E-state index contributed by atoms with van der Waals surface area (Å²) in [6.45, 7) is 4.21. The molecular weight excluding hydrogens is 497 g/mol. The zero-order chi connectivity index (χ0) is 25.6. The normalized spacial score (nSPS) is 17.4. The number of dihydropyridines is 1. The van der Waals surface area contributed by atoms with Crippen LogP contribution in [0, 0.1) is 12.7 Å². The highest BCUT2D eigenvalue weighted by Gasteiger charge is 2.18. The van der Waals surface area contributed by atoms with Crippen LogP contribution in [0.3, 0.4) is 0 Å². The molecule has 190 valence electrons. The number of nitrogens with one attached hydrogen (secondary N) is 3. The van der Waals surface area contributed by atoms with Crippen LogP contribution in [0.2, 0.25) is 5.02 Å². The van der Waals surface area contributed by atoms with E-state index in [4.69, 9.17) is 16.3 Å². The molecule has 0 radical (unpaired) electrons. The van der Waals surface area contributed by atoms with Crippen LogP contribution in [-0.2, 0) is 4.74 Å². The van der Waals surface area contributed by atoms with Gasteiger partial charge < -0.3 is 20.3 Å². The number of ether oxygens (including phenoxy) is 1. The molecule has 2 aliphatic rings. The number of halogens is 2. The minimum absolute atomic E-state index is 0.158. The van der Waals surface area contributed by atoms with E-state index in [1.165, 1.54) is 6.33 Å². The maximum Gasteiger partial charge on any atom is 0.245 e. The van der Waals surface area contributed by atoms with E-state index in [0.717, 1.165) is 34.4 Å². The summed E-state index contributed by atoms with van der Waals surface area (Å²) < 4.78 is 19.5. The molecule has 5 rings (SSSR count). The summed E-state index contributed by atoms with van der Waals surface area (Å²) in [5, 5.41) is 11.4. The molecule has 37 heavy (non-hydrogen) atoms. The number of hydrogen-bond acceptors (Lipinski definition) is 10. The van der Waals surface area contributed by atoms with E-state index >= 15 is 0 Å². The molecule has 2 aliphatic heterocycles. The summed E-state index contributed by atoms with van der Waals surface area (Å²) >= 11 is 6.58. The Bertz CT molecular complexity index is 1320. The molecule has 3 N–H and O–H groups in total. The van der Waals surface area contributed by atoms with E-state index in [-0.39, 0.29) is 17.8 Å². The van der Waals surface area contributed by atoms with Gasteiger partial charge in [-0.2, -0.15) is 10.1 Å². The molecule has 12 heteroatoms. The third-order valence-electron chi connectivity index (χ3n) is 5.78. The largest absolute Gasteiger partial charge is 0.378 e. The van der Waals surface area contributed by atoms with Crippen molar-refractivity contribution in [2.75, 3.05) is 41.9 Å². The first-order valence-corrected chi connectivity index (χ1v) is 12.1. The molecule has 0 amide bonds. The lowest BCUT2D eigenvalue weighted by Gasteiger charge is -2.27. The Morgan fingerprint density at radius 1 is 1.27 bits per heavy atom. The number of hydrogen-bond donors (Lipinski definition) is 3. The highest BCUT2D eigenvalue weighted by molar-refractivity contribution is 6.33. The second-order valence-corrected chi connectivity index (χ2v) is 8.78. The maximum absolute atomic E-state index is 14.2. The van der Waals surface area contributed by atoms with Crippen LogP contribution in [0.25, 0.3) is 11.3 Å². The molecule has 0 spiro atoms. The molecule has 0 aliphatic carbocycles. The molecule has 1 unspecified atom stereocenters. The third-order valence-corrected chi connectivity index (χ3v) is 6.08. The minimum atomic E-state index is -0.475. The Morgan fingerprint density at radius 2 is 2.14 bits per heavy atom. The molecule has 4 heterocycles. The van der Waals surface area contributed by atoms with Crippen LogP contribution >= 0.6 is 11.6 Å². The van der Waals surface area contributed by atoms with Gasteiger partial charge in [0, 0.05) is 31.0 Å². The number of hydrazone groups is 1. The number of anilines is 3. The molecule has 2 aromatic heterocycles. The van der Waals surface area contributed by atoms with Gasteiger partial charge in [-0.1, -0.05) is 17.7 Å². The summed E-state index contributed by atoms with van der Waals surface area (Å²) in [6, 6.07) is 5.59. The van der Waals surface area contributed by atoms with Gasteiger partial charge in [0.25, 0.3) is 0 Å². The summed E-state index contributed by atoms with van der Waals surface area (Å²) in [6.07, 6.45) is 11.7. The van der Waals surface area contributed by atoms with Gasteiger partial charge in [-0.25, -0.2) is 24.8 Å². The van der Waals surface area contributed by atoms with Gasteiger partial charge in [-0.15, -0.1) is 0 Å². The molecule has 1 atom stereocenters. The molecule has 1 saturated heterocycles. The molecule has 1 aromatic carbocycles. The number of nitrogens with zero attached hydrogens (tertiary/aromatic N) is 6. The van der Waals surface area contributed by atoms with Gasteiger partial charge in [0.1, 0.15) is 6.33 Å². The zero-order valence-corrected chi connectivity index (χ0v) is 20.8. The first-order chi connectivity index (χ1) is 18.1. The SMILES string of the molecule is Cc1cc(-c2ccncn2)cc(Cl)c1NC1=CNC(/C=N/Nc2ncc(F)c(N3CCOCC3)n2)C=C1. The number of aryl methyl sites for hydroxylation is 1. The number of benzene rings is 1. The highest BCUT2D eigenvalue weighted by atomic mass is 35.5. The Labute approximate surface area is 218 Å². The van der Waals surface area contributed by atoms with Crippen LogP contribution in [0.1, 0.15) is 5.56 Å². The van der Waals surface area contributed by atoms with Crippen LogP contribution in [0.15, 0.2) is 66.1 Å². The molecule has 0 bridgehead atoms. The van der Waals surface area contributed by atoms with E-state index < -0.39 is 5.82 Å². The van der Waals surface area contributed by atoms with Gasteiger partial charge in [-0.3, -0.25) is 0 Å². The fraction of sp³-hybridized carbons (Fsp3) is 0.240. The first-order valence-electron chi connectivity index (χ1n) is 11.7. The van der Waals surface area contributed by atoms with Gasteiger partial charge in [0.05, 0.1) is 53.8 Å². The van der Waals surface area contributed by atoms with Crippen molar-refractivity contribution < 1.29 is 9.13 Å². The number of rotatable bonds is 7. The zero-order valence-electron chi connectivity index (χ0n) is 20.0. The van der Waals surface area contributed by atoms with E-state index in [0.29, 0.717) is 31.3 Å². The fourth-order valence-corrected chi connectivity index (χ4v) is 4.22. The number of aromatic nitrogens is 4. The van der Waals surface area contributed by atoms with Gasteiger partial charge in [0.15, 0.2) is 11.6 Å². The van der Waals surface area contributed by atoms with Crippen molar-refractivity contribution >= 4 is 35.3 Å². The Hall–Kier alpha value is -4.09. The smallest absolute Gasteiger partial charge is 0.245 e. The summed E-state index contributed by atoms with van der Waals surface area (Å²) in [4.78, 5) is 18.3. The molecule has 1 fully saturated rings. The lowest BCUT2D eigenvalue weighted by atomic mass is 10.1. The third kappa shape index (κ3) is 6.01. The lowest BCUT2D eigenvalue weighted by molar-refractivity contribution is 0.122. The highest BCUT2D eigenvalue weighted by Crippen LogP contribution is 2.32. The lowest BCUT2D eigenvalue weighted by Crippen LogP contribution is -2.37. The Morgan fingerprint density at radius 3 is 2.86 bits per heavy atom. The summed E-state index contributed by atoms with van der Waals surface area (Å²) in [5.74, 6) is -0.0192. The molecule has 3 aromatic rings. The topological polar surface area (TPSA) is 112 Å². The van der Waals surface area contributed by atoms with Crippen molar-refractivity contribution in [3.8, 4) is 11.3 Å². The van der Waals surface area contributed by atoms with Crippen LogP contribution in [0.5, 0.6) is 0 Å². The number of morpholine rings is 1. The maximum atomic E-state index is 14.2. The van der Waals surface area contributed by atoms with Gasteiger partial charge in [-0.05, 0) is 36.8 Å². The quantitative estimate of drug-likeness (QED) is 0.316. The predicted molar refractivity (Wildman–Crippen MR) is 142 cm³/mol. The van der Waals surface area contributed by atoms with Crippen molar-refractivity contribution in [1.29, 1.82) is 0 Å². The summed E-state index contributed by atoms with van der Waals surface area (Å²) in [7, 11) is 0. The van der Waals surface area contributed by atoms with Crippen molar-refractivity contribution in [3.63, 3.8) is 0 Å². The summed E-state index contributed by atoms with van der Waals surface area (Å²) in [5.41, 5.74) is 7.15. The first kappa shape index (κ1) is 24.6. The Kier molecular flexibility index (Phi) is 7.52. The average Bonchev–Trinajstić information content (AvgIpc) is 2.93. The Balaban J connectivity index is 1.18. The monoisotopic (exact) mass is 521 g/mol. The predicted octanol–water partition coefficient (Wildman–Crippen LogP) is 3.75. The molecule has 0 saturated carbocycles.